The summed E-state index contributed by atoms with van der Waals surface area (Å²) in [5, 5.41) is 0. The Hall–Kier alpha value is -0.870. The van der Waals surface area contributed by atoms with Gasteiger partial charge in [0.25, 0.3) is 0 Å². The van der Waals surface area contributed by atoms with E-state index in [9.17, 15) is 4.79 Å². The van der Waals surface area contributed by atoms with Gasteiger partial charge >= 0.3 is 0 Å². The van der Waals surface area contributed by atoms with Crippen LogP contribution in [0.5, 0.6) is 0 Å². The van der Waals surface area contributed by atoms with E-state index in [-0.39, 0.29) is 17.6 Å². The third kappa shape index (κ3) is 3.12. The van der Waals surface area contributed by atoms with Crippen molar-refractivity contribution in [3.8, 4) is 0 Å². The van der Waals surface area contributed by atoms with Crippen LogP contribution in [0.4, 0.5) is 0 Å². The monoisotopic (exact) mass is 200 g/mol. The third-order valence-corrected chi connectivity index (χ3v) is 1.90. The van der Waals surface area contributed by atoms with E-state index in [1.54, 1.807) is 0 Å². The van der Waals surface area contributed by atoms with E-state index in [2.05, 4.69) is 6.58 Å². The maximum atomic E-state index is 10.8. The largest absolute Gasteiger partial charge is 0.488 e. The lowest BCUT2D eigenvalue weighted by molar-refractivity contribution is -0.143. The first-order valence-electron chi connectivity index (χ1n) is 4.55. The van der Waals surface area contributed by atoms with Crippen molar-refractivity contribution >= 4 is 5.78 Å². The van der Waals surface area contributed by atoms with Gasteiger partial charge in [0, 0.05) is 6.92 Å². The summed E-state index contributed by atoms with van der Waals surface area (Å²) in [5.41, 5.74) is 0. The fourth-order valence-corrected chi connectivity index (χ4v) is 1.14. The summed E-state index contributed by atoms with van der Waals surface area (Å²) in [7, 11) is 0. The molecule has 4 nitrogen and oxygen atoms in total. The molecule has 0 aromatic rings. The zero-order valence-corrected chi connectivity index (χ0v) is 8.83. The van der Waals surface area contributed by atoms with Crippen molar-refractivity contribution in [1.82, 2.24) is 0 Å². The Morgan fingerprint density at radius 3 is 2.71 bits per heavy atom. The van der Waals surface area contributed by atoms with Crippen molar-refractivity contribution in [2.45, 2.75) is 32.7 Å². The van der Waals surface area contributed by atoms with Crippen molar-refractivity contribution in [3.05, 3.63) is 12.3 Å². The Morgan fingerprint density at radius 2 is 2.29 bits per heavy atom. The molecule has 1 aliphatic heterocycles. The van der Waals surface area contributed by atoms with Crippen molar-refractivity contribution in [2.24, 2.45) is 0 Å². The lowest BCUT2D eigenvalue weighted by Gasteiger charge is -2.17. The van der Waals surface area contributed by atoms with Crippen LogP contribution in [0.3, 0.4) is 0 Å². The van der Waals surface area contributed by atoms with E-state index in [0.29, 0.717) is 13.2 Å². The second kappa shape index (κ2) is 4.11. The fourth-order valence-electron chi connectivity index (χ4n) is 1.14. The summed E-state index contributed by atoms with van der Waals surface area (Å²) in [4.78, 5) is 10.8. The zero-order chi connectivity index (χ0) is 10.8. The average Bonchev–Trinajstić information content (AvgIpc) is 2.41. The Morgan fingerprint density at radius 1 is 1.64 bits per heavy atom. The first-order valence-corrected chi connectivity index (χ1v) is 4.55. The topological polar surface area (TPSA) is 44.8 Å². The Labute approximate surface area is 83.8 Å². The molecule has 4 heteroatoms. The number of allylic oxidation sites excluding steroid dienone is 1. The highest BCUT2D eigenvalue weighted by molar-refractivity contribution is 5.90. The number of hydrogen-bond acceptors (Lipinski definition) is 4. The number of carbonyl (C=O) groups is 1. The highest BCUT2D eigenvalue weighted by atomic mass is 16.7. The first-order chi connectivity index (χ1) is 6.41. The molecule has 1 rings (SSSR count). The van der Waals surface area contributed by atoms with E-state index in [1.807, 2.05) is 13.8 Å². The molecule has 1 heterocycles. The minimum Gasteiger partial charge on any atom is -0.488 e. The molecule has 1 fully saturated rings. The highest BCUT2D eigenvalue weighted by Gasteiger charge is 2.33. The summed E-state index contributed by atoms with van der Waals surface area (Å²) in [6.07, 6.45) is -0.124. The van der Waals surface area contributed by atoms with Gasteiger partial charge in [0.05, 0.1) is 6.61 Å². The molecular formula is C10H16O4. The van der Waals surface area contributed by atoms with Crippen LogP contribution in [0.2, 0.25) is 0 Å². The molecule has 0 amide bonds. The second-order valence-electron chi connectivity index (χ2n) is 3.74. The van der Waals surface area contributed by atoms with Crippen LogP contribution in [0.25, 0.3) is 0 Å². The van der Waals surface area contributed by atoms with Crippen LogP contribution in [0, 0.1) is 0 Å². The SMILES string of the molecule is C=C(OC[C@H]1COC(C)(C)O1)C(C)=O. The molecule has 80 valence electrons. The van der Waals surface area contributed by atoms with E-state index < -0.39 is 5.79 Å². The second-order valence-corrected chi connectivity index (χ2v) is 3.74. The third-order valence-electron chi connectivity index (χ3n) is 1.90. The first kappa shape index (κ1) is 11.2. The van der Waals surface area contributed by atoms with Gasteiger partial charge < -0.3 is 14.2 Å². The van der Waals surface area contributed by atoms with Crippen LogP contribution in [-0.4, -0.2) is 30.9 Å². The van der Waals surface area contributed by atoms with Crippen LogP contribution in [0.1, 0.15) is 20.8 Å². The number of hydrogen-bond donors (Lipinski definition) is 0. The zero-order valence-electron chi connectivity index (χ0n) is 8.83. The van der Waals surface area contributed by atoms with Gasteiger partial charge in [0.15, 0.2) is 17.3 Å². The molecule has 0 aromatic heterocycles. The van der Waals surface area contributed by atoms with E-state index in [4.69, 9.17) is 14.2 Å². The number of carbonyl (C=O) groups excluding carboxylic acids is 1. The lowest BCUT2D eigenvalue weighted by atomic mass is 10.3. The molecule has 14 heavy (non-hydrogen) atoms. The lowest BCUT2D eigenvalue weighted by Crippen LogP contribution is -2.24. The van der Waals surface area contributed by atoms with Gasteiger partial charge in [-0.05, 0) is 13.8 Å². The van der Waals surface area contributed by atoms with Gasteiger partial charge in [-0.1, -0.05) is 6.58 Å². The number of Topliss-reactive ketones (excluding diaryl/α,β-unsaturated/α-hetero) is 1. The summed E-state index contributed by atoms with van der Waals surface area (Å²) < 4.78 is 15.9. The van der Waals surface area contributed by atoms with Crippen LogP contribution in [-0.2, 0) is 19.0 Å². The number of ether oxygens (including phenoxy) is 3. The van der Waals surface area contributed by atoms with Crippen LogP contribution >= 0.6 is 0 Å². The van der Waals surface area contributed by atoms with Gasteiger partial charge in [-0.25, -0.2) is 0 Å². The van der Waals surface area contributed by atoms with Crippen molar-refractivity contribution in [2.75, 3.05) is 13.2 Å². The summed E-state index contributed by atoms with van der Waals surface area (Å²) in [5.74, 6) is -0.549. The van der Waals surface area contributed by atoms with Crippen LogP contribution < -0.4 is 0 Å². The fraction of sp³-hybridized carbons (Fsp3) is 0.700. The quantitative estimate of drug-likeness (QED) is 0.506. The van der Waals surface area contributed by atoms with E-state index >= 15 is 0 Å². The van der Waals surface area contributed by atoms with Crippen molar-refractivity contribution in [1.29, 1.82) is 0 Å². The molecule has 1 atom stereocenters. The molecule has 1 aliphatic rings. The normalized spacial score (nSPS) is 24.6. The molecule has 0 bridgehead atoms. The molecule has 0 radical (unpaired) electrons. The van der Waals surface area contributed by atoms with Crippen molar-refractivity contribution in [3.63, 3.8) is 0 Å². The molecule has 0 aliphatic carbocycles. The van der Waals surface area contributed by atoms with Gasteiger partial charge in [-0.3, -0.25) is 4.79 Å². The smallest absolute Gasteiger partial charge is 0.193 e. The minimum atomic E-state index is -0.550. The summed E-state index contributed by atoms with van der Waals surface area (Å²) in [6, 6.07) is 0. The molecular weight excluding hydrogens is 184 g/mol. The number of rotatable bonds is 4. The minimum absolute atomic E-state index is 0.124. The van der Waals surface area contributed by atoms with Crippen LogP contribution in [0.15, 0.2) is 12.3 Å². The Kier molecular flexibility index (Phi) is 3.29. The molecule has 1 saturated heterocycles. The Bertz CT molecular complexity index is 245. The predicted molar refractivity (Wildman–Crippen MR) is 50.7 cm³/mol. The van der Waals surface area contributed by atoms with Gasteiger partial charge in [0.2, 0.25) is 0 Å². The summed E-state index contributed by atoms with van der Waals surface area (Å²) >= 11 is 0. The number of ketones is 1. The predicted octanol–water partition coefficient (Wildman–Crippen LogP) is 1.26. The highest BCUT2D eigenvalue weighted by Crippen LogP contribution is 2.22. The van der Waals surface area contributed by atoms with Gasteiger partial charge in [-0.15, -0.1) is 0 Å². The summed E-state index contributed by atoms with van der Waals surface area (Å²) in [6.45, 7) is 9.37. The van der Waals surface area contributed by atoms with Gasteiger partial charge in [0.1, 0.15) is 12.7 Å². The molecule has 0 N–H and O–H groups in total. The molecule has 0 spiro atoms. The average molecular weight is 200 g/mol. The van der Waals surface area contributed by atoms with E-state index in [0.717, 1.165) is 0 Å². The molecule has 0 unspecified atom stereocenters. The van der Waals surface area contributed by atoms with E-state index in [1.165, 1.54) is 6.92 Å². The molecule has 0 saturated carbocycles. The maximum Gasteiger partial charge on any atom is 0.193 e. The Balaban J connectivity index is 2.27. The standard InChI is InChI=1S/C10H16O4/c1-7(11)8(2)12-5-9-6-13-10(3,4)14-9/h9H,2,5-6H2,1,3-4H3/t9-/m0/s1. The van der Waals surface area contributed by atoms with Gasteiger partial charge in [-0.2, -0.15) is 0 Å². The van der Waals surface area contributed by atoms with Crippen molar-refractivity contribution < 1.29 is 19.0 Å². The maximum absolute atomic E-state index is 10.8. The molecule has 0 aromatic carbocycles.